The number of benzene rings is 2. The van der Waals surface area contributed by atoms with Crippen LogP contribution in [0.25, 0.3) is 28.1 Å². The number of allylic oxidation sites excluding steroid dienone is 4. The minimum atomic E-state index is 0.736. The fourth-order valence-electron chi connectivity index (χ4n) is 2.75. The van der Waals surface area contributed by atoms with Gasteiger partial charge in [-0.1, -0.05) is 72.8 Å². The molecule has 0 saturated carbocycles. The van der Waals surface area contributed by atoms with Gasteiger partial charge in [-0.15, -0.1) is 0 Å². The maximum Gasteiger partial charge on any atom is 0.181 e. The van der Waals surface area contributed by atoms with Crippen molar-refractivity contribution in [1.29, 1.82) is 0 Å². The van der Waals surface area contributed by atoms with E-state index in [0.717, 1.165) is 35.6 Å². The minimum Gasteiger partial charge on any atom is -0.259 e. The van der Waals surface area contributed by atoms with Crippen molar-refractivity contribution in [3.8, 4) is 22.5 Å². The second-order valence-corrected chi connectivity index (χ2v) is 5.59. The van der Waals surface area contributed by atoms with Crippen molar-refractivity contribution in [2.45, 2.75) is 12.8 Å². The van der Waals surface area contributed by atoms with E-state index in [-0.39, 0.29) is 0 Å². The SMILES string of the molecule is C1=CC(c2nc(-c3ccc(-c4ccccc4)cc3)n[nH]2)=CCC1. The molecule has 3 aromatic rings. The van der Waals surface area contributed by atoms with Crippen molar-refractivity contribution < 1.29 is 0 Å². The maximum absolute atomic E-state index is 4.62. The first-order chi connectivity index (χ1) is 11.4. The van der Waals surface area contributed by atoms with Gasteiger partial charge < -0.3 is 0 Å². The van der Waals surface area contributed by atoms with Gasteiger partial charge in [0.05, 0.1) is 0 Å². The van der Waals surface area contributed by atoms with Crippen LogP contribution in [-0.2, 0) is 0 Å². The van der Waals surface area contributed by atoms with E-state index in [1.165, 1.54) is 11.1 Å². The normalized spacial score (nSPS) is 13.8. The zero-order chi connectivity index (χ0) is 15.5. The van der Waals surface area contributed by atoms with Crippen LogP contribution in [0.5, 0.6) is 0 Å². The van der Waals surface area contributed by atoms with Crippen molar-refractivity contribution in [2.24, 2.45) is 0 Å². The third kappa shape index (κ3) is 2.86. The molecule has 1 heterocycles. The molecule has 1 aromatic heterocycles. The number of rotatable bonds is 3. The lowest BCUT2D eigenvalue weighted by Crippen LogP contribution is -1.88. The molecule has 1 N–H and O–H groups in total. The number of hydrogen-bond donors (Lipinski definition) is 1. The number of hydrogen-bond acceptors (Lipinski definition) is 2. The Morgan fingerprint density at radius 1 is 0.783 bits per heavy atom. The fraction of sp³-hybridized carbons (Fsp3) is 0.100. The van der Waals surface area contributed by atoms with E-state index >= 15 is 0 Å². The molecule has 0 aliphatic heterocycles. The van der Waals surface area contributed by atoms with Crippen molar-refractivity contribution in [2.75, 3.05) is 0 Å². The molecule has 3 nitrogen and oxygen atoms in total. The van der Waals surface area contributed by atoms with Gasteiger partial charge in [-0.3, -0.25) is 5.10 Å². The molecule has 2 aromatic carbocycles. The highest BCUT2D eigenvalue weighted by Gasteiger charge is 2.09. The molecule has 112 valence electrons. The summed E-state index contributed by atoms with van der Waals surface area (Å²) >= 11 is 0. The van der Waals surface area contributed by atoms with E-state index < -0.39 is 0 Å². The summed E-state index contributed by atoms with van der Waals surface area (Å²) in [4.78, 5) is 4.62. The van der Waals surface area contributed by atoms with Gasteiger partial charge >= 0.3 is 0 Å². The molecule has 0 unspecified atom stereocenters. The summed E-state index contributed by atoms with van der Waals surface area (Å²) in [6.07, 6.45) is 8.64. The molecule has 1 aliphatic carbocycles. The van der Waals surface area contributed by atoms with Crippen molar-refractivity contribution in [3.05, 3.63) is 78.6 Å². The molecule has 0 bridgehead atoms. The van der Waals surface area contributed by atoms with Gasteiger partial charge in [0.1, 0.15) is 0 Å². The zero-order valence-electron chi connectivity index (χ0n) is 12.7. The lowest BCUT2D eigenvalue weighted by Gasteiger charge is -2.03. The predicted molar refractivity (Wildman–Crippen MR) is 93.6 cm³/mol. The van der Waals surface area contributed by atoms with Gasteiger partial charge in [0.15, 0.2) is 11.6 Å². The van der Waals surface area contributed by atoms with E-state index in [2.05, 4.69) is 81.9 Å². The number of aromatic amines is 1. The summed E-state index contributed by atoms with van der Waals surface area (Å²) in [5.74, 6) is 1.57. The first kappa shape index (κ1) is 13.7. The van der Waals surface area contributed by atoms with E-state index in [1.54, 1.807) is 0 Å². The van der Waals surface area contributed by atoms with E-state index in [1.807, 2.05) is 6.07 Å². The van der Waals surface area contributed by atoms with Crippen LogP contribution >= 0.6 is 0 Å². The minimum absolute atomic E-state index is 0.736. The van der Waals surface area contributed by atoms with Crippen molar-refractivity contribution in [3.63, 3.8) is 0 Å². The Hall–Kier alpha value is -2.94. The Kier molecular flexibility index (Phi) is 3.60. The summed E-state index contributed by atoms with van der Waals surface area (Å²) in [7, 11) is 0. The Labute approximate surface area is 135 Å². The highest BCUT2D eigenvalue weighted by atomic mass is 15.2. The Bertz CT molecular complexity index is 855. The Balaban J connectivity index is 1.60. The number of nitrogens with one attached hydrogen (secondary N) is 1. The lowest BCUT2D eigenvalue weighted by atomic mass is 10.0. The van der Waals surface area contributed by atoms with Crippen LogP contribution in [0, 0.1) is 0 Å². The molecule has 4 rings (SSSR count). The number of H-pyrrole nitrogens is 1. The van der Waals surface area contributed by atoms with Crippen LogP contribution < -0.4 is 0 Å². The standard InChI is InChI=1S/C20H17N3/c1-3-7-15(8-4-1)16-11-13-18(14-12-16)20-21-19(22-23-20)17-9-5-2-6-10-17/h1,3-5,7-14H,2,6H2,(H,21,22,23). The molecule has 0 saturated heterocycles. The Morgan fingerprint density at radius 2 is 1.52 bits per heavy atom. The summed E-state index contributed by atoms with van der Waals surface area (Å²) in [6.45, 7) is 0. The molecule has 0 amide bonds. The van der Waals surface area contributed by atoms with Crippen LogP contribution in [-0.4, -0.2) is 15.2 Å². The van der Waals surface area contributed by atoms with Crippen LogP contribution in [0.1, 0.15) is 18.7 Å². The lowest BCUT2D eigenvalue weighted by molar-refractivity contribution is 1.02. The fourth-order valence-corrected chi connectivity index (χ4v) is 2.75. The highest BCUT2D eigenvalue weighted by molar-refractivity contribution is 5.72. The molecule has 0 spiro atoms. The third-order valence-electron chi connectivity index (χ3n) is 4.00. The second kappa shape index (κ2) is 6.05. The van der Waals surface area contributed by atoms with E-state index in [9.17, 15) is 0 Å². The summed E-state index contributed by atoms with van der Waals surface area (Å²) in [5, 5.41) is 7.39. The molecule has 0 fully saturated rings. The van der Waals surface area contributed by atoms with Gasteiger partial charge in [0, 0.05) is 11.1 Å². The molecule has 23 heavy (non-hydrogen) atoms. The topological polar surface area (TPSA) is 41.6 Å². The molecular weight excluding hydrogens is 282 g/mol. The highest BCUT2D eigenvalue weighted by Crippen LogP contribution is 2.24. The quantitative estimate of drug-likeness (QED) is 0.749. The maximum atomic E-state index is 4.62. The first-order valence-electron chi connectivity index (χ1n) is 7.85. The third-order valence-corrected chi connectivity index (χ3v) is 4.00. The van der Waals surface area contributed by atoms with Gasteiger partial charge in [0.2, 0.25) is 0 Å². The first-order valence-corrected chi connectivity index (χ1v) is 7.85. The van der Waals surface area contributed by atoms with Crippen molar-refractivity contribution in [1.82, 2.24) is 15.2 Å². The number of nitrogens with zero attached hydrogens (tertiary/aromatic N) is 2. The van der Waals surface area contributed by atoms with E-state index in [4.69, 9.17) is 0 Å². The predicted octanol–water partition coefficient (Wildman–Crippen LogP) is 4.87. The van der Waals surface area contributed by atoms with Crippen LogP contribution in [0.3, 0.4) is 0 Å². The monoisotopic (exact) mass is 299 g/mol. The van der Waals surface area contributed by atoms with E-state index in [0.29, 0.717) is 0 Å². The Morgan fingerprint density at radius 3 is 2.26 bits per heavy atom. The number of aromatic nitrogens is 3. The summed E-state index contributed by atoms with van der Waals surface area (Å²) in [6, 6.07) is 18.7. The summed E-state index contributed by atoms with van der Waals surface area (Å²) < 4.78 is 0. The molecule has 1 aliphatic rings. The van der Waals surface area contributed by atoms with Crippen LogP contribution in [0.15, 0.2) is 72.8 Å². The van der Waals surface area contributed by atoms with Crippen LogP contribution in [0.4, 0.5) is 0 Å². The second-order valence-electron chi connectivity index (χ2n) is 5.59. The van der Waals surface area contributed by atoms with Gasteiger partial charge in [-0.05, 0) is 24.0 Å². The molecular formula is C20H17N3. The molecule has 3 heteroatoms. The molecule has 0 radical (unpaired) electrons. The van der Waals surface area contributed by atoms with Crippen molar-refractivity contribution >= 4 is 5.57 Å². The van der Waals surface area contributed by atoms with Crippen LogP contribution in [0.2, 0.25) is 0 Å². The van der Waals surface area contributed by atoms with Gasteiger partial charge in [-0.25, -0.2) is 4.98 Å². The van der Waals surface area contributed by atoms with Gasteiger partial charge in [0.25, 0.3) is 0 Å². The largest absolute Gasteiger partial charge is 0.259 e. The van der Waals surface area contributed by atoms with Gasteiger partial charge in [-0.2, -0.15) is 5.10 Å². The average Bonchev–Trinajstić information content (AvgIpc) is 3.14. The zero-order valence-corrected chi connectivity index (χ0v) is 12.7. The molecule has 0 atom stereocenters. The average molecular weight is 299 g/mol. The summed E-state index contributed by atoms with van der Waals surface area (Å²) in [5.41, 5.74) is 4.55. The smallest absolute Gasteiger partial charge is 0.181 e.